The number of alkyl carbamates (subject to hydrolysis) is 1. The molecule has 4 rings (SSSR count). The molecule has 1 amide bonds. The third-order valence-corrected chi connectivity index (χ3v) is 7.13. The summed E-state index contributed by atoms with van der Waals surface area (Å²) < 4.78 is 11.8. The van der Waals surface area contributed by atoms with Crippen LogP contribution in [-0.4, -0.2) is 40.4 Å². The van der Waals surface area contributed by atoms with E-state index in [1.807, 2.05) is 45.0 Å². The minimum Gasteiger partial charge on any atom is -0.508 e. The van der Waals surface area contributed by atoms with Gasteiger partial charge < -0.3 is 25.2 Å². The van der Waals surface area contributed by atoms with Crippen molar-refractivity contribution in [1.29, 1.82) is 0 Å². The lowest BCUT2D eigenvalue weighted by Gasteiger charge is -2.19. The van der Waals surface area contributed by atoms with E-state index < -0.39 is 11.7 Å². The summed E-state index contributed by atoms with van der Waals surface area (Å²) >= 11 is 1.69. The number of unbranched alkanes of at least 4 members (excludes halogenated alkanes) is 1. The minimum atomic E-state index is -0.536. The minimum absolute atomic E-state index is 0.154. The second kappa shape index (κ2) is 12.9. The topological polar surface area (TPSA) is 106 Å². The SMILES string of the molecule is CCCCc1nc2c(NCc3ccc(O)cc3OC)nc3cccc(C#CCCNC(=O)OC(C)(C)C)c3c2s1. The lowest BCUT2D eigenvalue weighted by atomic mass is 10.1. The summed E-state index contributed by atoms with van der Waals surface area (Å²) in [6, 6.07) is 11.0. The molecule has 0 unspecified atom stereocenters. The molecule has 0 aliphatic heterocycles. The third-order valence-electron chi connectivity index (χ3n) is 6.00. The van der Waals surface area contributed by atoms with Crippen molar-refractivity contribution in [1.82, 2.24) is 15.3 Å². The Hall–Kier alpha value is -4.03. The van der Waals surface area contributed by atoms with E-state index in [1.54, 1.807) is 30.6 Å². The van der Waals surface area contributed by atoms with E-state index in [2.05, 4.69) is 29.4 Å². The van der Waals surface area contributed by atoms with Crippen LogP contribution < -0.4 is 15.4 Å². The van der Waals surface area contributed by atoms with Gasteiger partial charge in [-0.3, -0.25) is 0 Å². The zero-order valence-electron chi connectivity index (χ0n) is 23.7. The van der Waals surface area contributed by atoms with Gasteiger partial charge in [-0.25, -0.2) is 14.8 Å². The predicted molar refractivity (Wildman–Crippen MR) is 161 cm³/mol. The first-order valence-electron chi connectivity index (χ1n) is 13.5. The van der Waals surface area contributed by atoms with Crippen LogP contribution in [0.1, 0.15) is 63.1 Å². The summed E-state index contributed by atoms with van der Waals surface area (Å²) in [6.07, 6.45) is 3.11. The highest BCUT2D eigenvalue weighted by molar-refractivity contribution is 7.19. The maximum Gasteiger partial charge on any atom is 0.407 e. The molecule has 0 bridgehead atoms. The molecule has 0 radical (unpaired) electrons. The van der Waals surface area contributed by atoms with Crippen molar-refractivity contribution in [2.75, 3.05) is 19.0 Å². The summed E-state index contributed by atoms with van der Waals surface area (Å²) in [7, 11) is 1.58. The van der Waals surface area contributed by atoms with Crippen LogP contribution in [0.2, 0.25) is 0 Å². The lowest BCUT2D eigenvalue weighted by Crippen LogP contribution is -2.32. The molecule has 0 saturated carbocycles. The largest absolute Gasteiger partial charge is 0.508 e. The Kier molecular flexibility index (Phi) is 9.33. The number of anilines is 1. The van der Waals surface area contributed by atoms with Gasteiger partial charge in [0.2, 0.25) is 0 Å². The van der Waals surface area contributed by atoms with Crippen LogP contribution in [0.3, 0.4) is 0 Å². The number of nitrogens with one attached hydrogen (secondary N) is 2. The van der Waals surface area contributed by atoms with E-state index in [9.17, 15) is 9.90 Å². The van der Waals surface area contributed by atoms with Gasteiger partial charge in [-0.05, 0) is 57.9 Å². The van der Waals surface area contributed by atoms with Gasteiger partial charge in [-0.15, -0.1) is 11.3 Å². The number of aromatic hydroxyl groups is 1. The molecule has 0 aliphatic carbocycles. The highest BCUT2D eigenvalue weighted by atomic mass is 32.1. The first kappa shape index (κ1) is 29.0. The molecular formula is C31H36N4O4S. The summed E-state index contributed by atoms with van der Waals surface area (Å²) in [6.45, 7) is 8.54. The number of thiazole rings is 1. The zero-order chi connectivity index (χ0) is 28.7. The van der Waals surface area contributed by atoms with E-state index in [4.69, 9.17) is 19.4 Å². The van der Waals surface area contributed by atoms with Gasteiger partial charge in [0.25, 0.3) is 0 Å². The fourth-order valence-electron chi connectivity index (χ4n) is 4.16. The molecule has 9 heteroatoms. The summed E-state index contributed by atoms with van der Waals surface area (Å²) in [5, 5.41) is 18.1. The van der Waals surface area contributed by atoms with E-state index >= 15 is 0 Å². The number of rotatable bonds is 9. The molecule has 2 heterocycles. The number of amides is 1. The standard InChI is InChI=1S/C31H36N4O4S/c1-6-7-14-25-35-27-28(40-25)26-20(11-8-9-17-32-30(37)39-31(2,3)4)12-10-13-23(26)34-29(27)33-19-21-15-16-22(36)18-24(21)38-5/h10,12-13,15-16,18,36H,6-7,9,14,17,19H2,1-5H3,(H,32,37)(H,33,34). The molecule has 2 aromatic heterocycles. The molecule has 210 valence electrons. The van der Waals surface area contributed by atoms with Crippen molar-refractivity contribution in [3.8, 4) is 23.3 Å². The van der Waals surface area contributed by atoms with Crippen molar-refractivity contribution in [2.24, 2.45) is 0 Å². The van der Waals surface area contributed by atoms with Crippen LogP contribution in [0.15, 0.2) is 36.4 Å². The van der Waals surface area contributed by atoms with Crippen LogP contribution >= 0.6 is 11.3 Å². The van der Waals surface area contributed by atoms with Crippen LogP contribution in [-0.2, 0) is 17.7 Å². The number of benzene rings is 2. The van der Waals surface area contributed by atoms with Crippen molar-refractivity contribution in [3.63, 3.8) is 0 Å². The number of pyridine rings is 1. The number of fused-ring (bicyclic) bond motifs is 3. The van der Waals surface area contributed by atoms with Crippen LogP contribution in [0.25, 0.3) is 21.1 Å². The Morgan fingerprint density at radius 1 is 1.18 bits per heavy atom. The number of methoxy groups -OCH3 is 1. The number of carbonyl (C=O) groups is 1. The molecule has 2 aromatic carbocycles. The lowest BCUT2D eigenvalue weighted by molar-refractivity contribution is 0.0529. The van der Waals surface area contributed by atoms with Crippen LogP contribution in [0.5, 0.6) is 11.5 Å². The molecule has 0 fully saturated rings. The van der Waals surface area contributed by atoms with Gasteiger partial charge in [0.15, 0.2) is 5.82 Å². The molecule has 0 saturated heterocycles. The highest BCUT2D eigenvalue weighted by Gasteiger charge is 2.17. The Morgan fingerprint density at radius 2 is 2.00 bits per heavy atom. The molecule has 0 atom stereocenters. The Bertz CT molecular complexity index is 1560. The number of nitrogens with zero attached hydrogens (tertiary/aromatic N) is 2. The van der Waals surface area contributed by atoms with Gasteiger partial charge in [0, 0.05) is 42.1 Å². The Morgan fingerprint density at radius 3 is 2.75 bits per heavy atom. The first-order valence-corrected chi connectivity index (χ1v) is 14.3. The van der Waals surface area contributed by atoms with Gasteiger partial charge >= 0.3 is 6.09 Å². The molecule has 0 aliphatic rings. The number of ether oxygens (including phenoxy) is 2. The molecule has 40 heavy (non-hydrogen) atoms. The molecule has 8 nitrogen and oxygen atoms in total. The number of phenolic OH excluding ortho intramolecular Hbond substituents is 1. The van der Waals surface area contributed by atoms with Crippen LogP contribution in [0, 0.1) is 11.8 Å². The smallest absolute Gasteiger partial charge is 0.407 e. The average molecular weight is 561 g/mol. The van der Waals surface area contributed by atoms with E-state index in [0.29, 0.717) is 31.1 Å². The molecule has 3 N–H and O–H groups in total. The maximum atomic E-state index is 11.9. The van der Waals surface area contributed by atoms with Gasteiger partial charge in [0.05, 0.1) is 22.3 Å². The third kappa shape index (κ3) is 7.33. The van der Waals surface area contributed by atoms with Gasteiger partial charge in [-0.2, -0.15) is 0 Å². The number of carbonyl (C=O) groups excluding carboxylic acids is 1. The van der Waals surface area contributed by atoms with Crippen LogP contribution in [0.4, 0.5) is 10.6 Å². The fourth-order valence-corrected chi connectivity index (χ4v) is 5.33. The van der Waals surface area contributed by atoms with E-state index in [1.165, 1.54) is 0 Å². The predicted octanol–water partition coefficient (Wildman–Crippen LogP) is 6.78. The monoisotopic (exact) mass is 560 g/mol. The number of aryl methyl sites for hydroxylation is 1. The van der Waals surface area contributed by atoms with E-state index in [-0.39, 0.29) is 5.75 Å². The highest BCUT2D eigenvalue weighted by Crippen LogP contribution is 2.36. The van der Waals surface area contributed by atoms with Gasteiger partial charge in [0.1, 0.15) is 22.6 Å². The Balaban J connectivity index is 1.63. The quantitative estimate of drug-likeness (QED) is 0.153. The molecular weight excluding hydrogens is 524 g/mol. The number of hydrogen-bond acceptors (Lipinski definition) is 8. The maximum absolute atomic E-state index is 11.9. The summed E-state index contributed by atoms with van der Waals surface area (Å²) in [5.74, 6) is 7.92. The second-order valence-electron chi connectivity index (χ2n) is 10.4. The number of aromatic nitrogens is 2. The van der Waals surface area contributed by atoms with Gasteiger partial charge in [-0.1, -0.05) is 31.3 Å². The summed E-state index contributed by atoms with van der Waals surface area (Å²) in [5.41, 5.74) is 2.89. The Labute approximate surface area is 239 Å². The van der Waals surface area contributed by atoms with Crippen molar-refractivity contribution in [3.05, 3.63) is 52.5 Å². The summed E-state index contributed by atoms with van der Waals surface area (Å²) in [4.78, 5) is 21.8. The zero-order valence-corrected chi connectivity index (χ0v) is 24.5. The van der Waals surface area contributed by atoms with E-state index in [0.717, 1.165) is 56.5 Å². The fraction of sp³-hybridized carbons (Fsp3) is 0.387. The number of phenols is 1. The van der Waals surface area contributed by atoms with Crippen molar-refractivity contribution in [2.45, 2.75) is 65.5 Å². The van der Waals surface area contributed by atoms with Crippen molar-refractivity contribution >= 4 is 44.4 Å². The van der Waals surface area contributed by atoms with Crippen molar-refractivity contribution < 1.29 is 19.4 Å². The molecule has 0 spiro atoms. The second-order valence-corrected chi connectivity index (χ2v) is 11.5. The number of hydrogen-bond donors (Lipinski definition) is 3. The average Bonchev–Trinajstić information content (AvgIpc) is 3.34. The molecule has 4 aromatic rings. The normalized spacial score (nSPS) is 11.2. The first-order chi connectivity index (χ1) is 19.2.